The molecule has 2 unspecified atom stereocenters. The van der Waals surface area contributed by atoms with Crippen LogP contribution in [0.3, 0.4) is 0 Å². The van der Waals surface area contributed by atoms with Gasteiger partial charge in [-0.1, -0.05) is 37.3 Å². The number of alkyl halides is 1. The van der Waals surface area contributed by atoms with Gasteiger partial charge in [0.2, 0.25) is 0 Å². The fraction of sp³-hybridized carbons (Fsp3) is 0.500. The maximum atomic E-state index is 11.2. The normalized spacial score (nSPS) is 14.1. The van der Waals surface area contributed by atoms with Gasteiger partial charge < -0.3 is 4.74 Å². The molecule has 0 N–H and O–H groups in total. The van der Waals surface area contributed by atoms with Crippen LogP contribution in [0.25, 0.3) is 0 Å². The Morgan fingerprint density at radius 1 is 1.35 bits per heavy atom. The lowest BCUT2D eigenvalue weighted by molar-refractivity contribution is -0.143. The summed E-state index contributed by atoms with van der Waals surface area (Å²) >= 11 is 6.30. The van der Waals surface area contributed by atoms with Crippen LogP contribution < -0.4 is 0 Å². The molecule has 17 heavy (non-hydrogen) atoms. The Morgan fingerprint density at radius 2 is 2.00 bits per heavy atom. The Labute approximate surface area is 108 Å². The summed E-state index contributed by atoms with van der Waals surface area (Å²) in [7, 11) is 0. The van der Waals surface area contributed by atoms with Crippen molar-refractivity contribution in [1.29, 1.82) is 0 Å². The molecular weight excluding hydrogens is 236 g/mol. The van der Waals surface area contributed by atoms with Crippen LogP contribution >= 0.6 is 11.6 Å². The average Bonchev–Trinajstić information content (AvgIpc) is 2.36. The summed E-state index contributed by atoms with van der Waals surface area (Å²) in [5.74, 6) is 0.0747. The minimum Gasteiger partial charge on any atom is -0.466 e. The Balaban J connectivity index is 2.42. The maximum Gasteiger partial charge on any atom is 0.305 e. The van der Waals surface area contributed by atoms with E-state index in [0.29, 0.717) is 19.4 Å². The molecule has 1 aromatic carbocycles. The second-order valence-corrected chi connectivity index (χ2v) is 4.62. The molecule has 0 aliphatic rings. The molecule has 1 rings (SSSR count). The Hall–Kier alpha value is -1.02. The molecule has 3 heteroatoms. The third kappa shape index (κ3) is 4.78. The number of halogens is 1. The Kier molecular flexibility index (Phi) is 6.06. The van der Waals surface area contributed by atoms with Crippen molar-refractivity contribution >= 4 is 17.6 Å². The van der Waals surface area contributed by atoms with Gasteiger partial charge in [-0.05, 0) is 24.8 Å². The molecule has 2 nitrogen and oxygen atoms in total. The van der Waals surface area contributed by atoms with Gasteiger partial charge >= 0.3 is 5.97 Å². The number of carbonyl (C=O) groups excluding carboxylic acids is 1. The van der Waals surface area contributed by atoms with Gasteiger partial charge in [-0.3, -0.25) is 4.79 Å². The minimum atomic E-state index is -0.168. The lowest BCUT2D eigenvalue weighted by Crippen LogP contribution is -2.13. The summed E-state index contributed by atoms with van der Waals surface area (Å²) in [6.07, 6.45) is 1.04. The molecular formula is C14H19ClO2. The van der Waals surface area contributed by atoms with Crippen molar-refractivity contribution < 1.29 is 9.53 Å². The van der Waals surface area contributed by atoms with E-state index in [1.807, 2.05) is 25.1 Å². The summed E-state index contributed by atoms with van der Waals surface area (Å²) in [5, 5.41) is -0.0400. The molecule has 0 saturated carbocycles. The largest absolute Gasteiger partial charge is 0.466 e. The first-order valence-corrected chi connectivity index (χ1v) is 6.43. The molecule has 0 spiro atoms. The zero-order chi connectivity index (χ0) is 12.7. The topological polar surface area (TPSA) is 26.3 Å². The number of ether oxygens (including phenoxy) is 1. The van der Waals surface area contributed by atoms with E-state index in [4.69, 9.17) is 16.3 Å². The van der Waals surface area contributed by atoms with Crippen LogP contribution in [0.4, 0.5) is 0 Å². The Bertz CT molecular complexity index is 337. The number of hydrogen-bond acceptors (Lipinski definition) is 2. The lowest BCUT2D eigenvalue weighted by Gasteiger charge is -2.17. The van der Waals surface area contributed by atoms with Gasteiger partial charge in [0.25, 0.3) is 0 Å². The van der Waals surface area contributed by atoms with E-state index in [2.05, 4.69) is 19.1 Å². The highest BCUT2D eigenvalue weighted by Gasteiger charge is 2.17. The van der Waals surface area contributed by atoms with Crippen molar-refractivity contribution in [3.8, 4) is 0 Å². The summed E-state index contributed by atoms with van der Waals surface area (Å²) in [5.41, 5.74) is 1.20. The first-order chi connectivity index (χ1) is 8.15. The molecule has 0 bridgehead atoms. The number of carbonyl (C=O) groups is 1. The van der Waals surface area contributed by atoms with Gasteiger partial charge in [0.1, 0.15) is 0 Å². The molecule has 1 aromatic rings. The van der Waals surface area contributed by atoms with Crippen LogP contribution in [-0.2, 0) is 9.53 Å². The first-order valence-electron chi connectivity index (χ1n) is 5.99. The van der Waals surface area contributed by atoms with E-state index in [1.54, 1.807) is 0 Å². The van der Waals surface area contributed by atoms with Crippen LogP contribution in [-0.4, -0.2) is 18.0 Å². The molecule has 0 aliphatic heterocycles. The zero-order valence-corrected chi connectivity index (χ0v) is 11.1. The number of benzene rings is 1. The minimum absolute atomic E-state index is 0.0400. The van der Waals surface area contributed by atoms with Gasteiger partial charge in [0, 0.05) is 11.8 Å². The SMILES string of the molecule is CCOC(=O)CCC(Cl)C(C)c1ccccc1. The highest BCUT2D eigenvalue weighted by atomic mass is 35.5. The van der Waals surface area contributed by atoms with Crippen LogP contribution in [0.2, 0.25) is 0 Å². The number of hydrogen-bond donors (Lipinski definition) is 0. The summed E-state index contributed by atoms with van der Waals surface area (Å²) in [6.45, 7) is 4.32. The predicted octanol–water partition coefficient (Wildman–Crippen LogP) is 3.74. The first kappa shape index (κ1) is 14.0. The highest BCUT2D eigenvalue weighted by molar-refractivity contribution is 6.21. The standard InChI is InChI=1S/C14H19ClO2/c1-3-17-14(16)10-9-13(15)11(2)12-7-5-4-6-8-12/h4-8,11,13H,3,9-10H2,1-2H3. The Morgan fingerprint density at radius 3 is 2.59 bits per heavy atom. The quantitative estimate of drug-likeness (QED) is 0.571. The second-order valence-electron chi connectivity index (χ2n) is 4.06. The van der Waals surface area contributed by atoms with Crippen molar-refractivity contribution in [2.45, 2.75) is 38.0 Å². The van der Waals surface area contributed by atoms with Crippen LogP contribution in [0, 0.1) is 0 Å². The third-order valence-electron chi connectivity index (χ3n) is 2.80. The van der Waals surface area contributed by atoms with Crippen molar-refractivity contribution in [1.82, 2.24) is 0 Å². The fourth-order valence-corrected chi connectivity index (χ4v) is 1.96. The van der Waals surface area contributed by atoms with Crippen molar-refractivity contribution in [3.63, 3.8) is 0 Å². The van der Waals surface area contributed by atoms with Crippen LogP contribution in [0.5, 0.6) is 0 Å². The predicted molar refractivity (Wildman–Crippen MR) is 70.4 cm³/mol. The monoisotopic (exact) mass is 254 g/mol. The summed E-state index contributed by atoms with van der Waals surface area (Å²) < 4.78 is 4.88. The molecule has 0 radical (unpaired) electrons. The van der Waals surface area contributed by atoms with E-state index >= 15 is 0 Å². The van der Waals surface area contributed by atoms with E-state index in [1.165, 1.54) is 5.56 Å². The van der Waals surface area contributed by atoms with Gasteiger partial charge in [-0.15, -0.1) is 11.6 Å². The third-order valence-corrected chi connectivity index (χ3v) is 3.39. The molecule has 2 atom stereocenters. The molecule has 0 heterocycles. The van der Waals surface area contributed by atoms with Gasteiger partial charge in [0.05, 0.1) is 6.61 Å². The van der Waals surface area contributed by atoms with E-state index in [-0.39, 0.29) is 17.3 Å². The molecule has 0 saturated heterocycles. The van der Waals surface area contributed by atoms with Crippen LogP contribution in [0.1, 0.15) is 38.2 Å². The van der Waals surface area contributed by atoms with E-state index in [0.717, 1.165) is 0 Å². The number of esters is 1. The van der Waals surface area contributed by atoms with E-state index < -0.39 is 0 Å². The average molecular weight is 255 g/mol. The van der Waals surface area contributed by atoms with Gasteiger partial charge in [-0.2, -0.15) is 0 Å². The van der Waals surface area contributed by atoms with Gasteiger partial charge in [0.15, 0.2) is 0 Å². The van der Waals surface area contributed by atoms with E-state index in [9.17, 15) is 4.79 Å². The summed E-state index contributed by atoms with van der Waals surface area (Å²) in [6, 6.07) is 10.1. The molecule has 94 valence electrons. The molecule has 0 fully saturated rings. The molecule has 0 aliphatic carbocycles. The van der Waals surface area contributed by atoms with Gasteiger partial charge in [-0.25, -0.2) is 0 Å². The smallest absolute Gasteiger partial charge is 0.305 e. The summed E-state index contributed by atoms with van der Waals surface area (Å²) in [4.78, 5) is 11.2. The van der Waals surface area contributed by atoms with Crippen molar-refractivity contribution in [2.24, 2.45) is 0 Å². The second kappa shape index (κ2) is 7.33. The lowest BCUT2D eigenvalue weighted by atomic mass is 9.95. The fourth-order valence-electron chi connectivity index (χ4n) is 1.70. The molecule has 0 amide bonds. The highest BCUT2D eigenvalue weighted by Crippen LogP contribution is 2.26. The van der Waals surface area contributed by atoms with Crippen molar-refractivity contribution in [3.05, 3.63) is 35.9 Å². The maximum absolute atomic E-state index is 11.2. The van der Waals surface area contributed by atoms with Crippen molar-refractivity contribution in [2.75, 3.05) is 6.61 Å². The molecule has 0 aromatic heterocycles. The van der Waals surface area contributed by atoms with Crippen LogP contribution in [0.15, 0.2) is 30.3 Å². The zero-order valence-electron chi connectivity index (χ0n) is 10.4. The number of rotatable bonds is 6.